The molecular formula is C29H28N4O4. The summed E-state index contributed by atoms with van der Waals surface area (Å²) in [6.07, 6.45) is 4.41. The highest BCUT2D eigenvalue weighted by Gasteiger charge is 2.19. The molecule has 1 aliphatic rings. The number of aliphatic imine (C=N–C) groups is 1. The number of methoxy groups -OCH3 is 1. The maximum absolute atomic E-state index is 12.6. The van der Waals surface area contributed by atoms with Crippen LogP contribution in [0.3, 0.4) is 0 Å². The fraction of sp³-hybridized carbons (Fsp3) is 0.241. The molecule has 0 N–H and O–H groups in total. The first-order valence-corrected chi connectivity index (χ1v) is 11.9. The minimum Gasteiger partial charge on any atom is -0.497 e. The number of benzene rings is 2. The van der Waals surface area contributed by atoms with E-state index in [2.05, 4.69) is 22.6 Å². The van der Waals surface area contributed by atoms with Gasteiger partial charge < -0.3 is 14.2 Å². The number of nitrogens with zero attached hydrogens (tertiary/aromatic N) is 4. The quantitative estimate of drug-likeness (QED) is 0.326. The molecule has 0 atom stereocenters. The Labute approximate surface area is 215 Å². The molecule has 0 saturated heterocycles. The van der Waals surface area contributed by atoms with Crippen molar-refractivity contribution in [2.75, 3.05) is 13.7 Å². The van der Waals surface area contributed by atoms with Gasteiger partial charge in [0.25, 0.3) is 0 Å². The van der Waals surface area contributed by atoms with Crippen LogP contribution in [0.4, 0.5) is 0 Å². The van der Waals surface area contributed by atoms with Crippen molar-refractivity contribution in [2.45, 2.75) is 33.2 Å². The van der Waals surface area contributed by atoms with E-state index in [9.17, 15) is 10.1 Å². The lowest BCUT2D eigenvalue weighted by Gasteiger charge is -2.22. The molecular weight excluding hydrogens is 468 g/mol. The topological polar surface area (TPSA) is 98.7 Å². The van der Waals surface area contributed by atoms with Crippen molar-refractivity contribution in [3.05, 3.63) is 94.1 Å². The molecule has 0 fully saturated rings. The van der Waals surface area contributed by atoms with Gasteiger partial charge in [-0.05, 0) is 67.8 Å². The van der Waals surface area contributed by atoms with Gasteiger partial charge in [0.1, 0.15) is 17.6 Å². The van der Waals surface area contributed by atoms with E-state index in [0.29, 0.717) is 30.2 Å². The largest absolute Gasteiger partial charge is 0.497 e. The maximum Gasteiger partial charge on any atom is 0.351 e. The zero-order valence-corrected chi connectivity index (χ0v) is 21.2. The molecule has 0 amide bonds. The summed E-state index contributed by atoms with van der Waals surface area (Å²) in [5.41, 5.74) is 4.80. The fourth-order valence-electron chi connectivity index (χ4n) is 3.99. The van der Waals surface area contributed by atoms with Gasteiger partial charge in [0.2, 0.25) is 11.8 Å². The SMILES string of the molecule is C=CC(=NC=C(C)C)Oc1ccc(CCOc2cc3n(c(=O)n2)CCc2cc(OC)ccc2-3)cc1C#N. The molecule has 2 aromatic carbocycles. The Morgan fingerprint density at radius 2 is 2.08 bits per heavy atom. The van der Waals surface area contributed by atoms with Gasteiger partial charge in [-0.3, -0.25) is 4.57 Å². The molecule has 2 heterocycles. The molecule has 0 unspecified atom stereocenters. The summed E-state index contributed by atoms with van der Waals surface area (Å²) in [5, 5.41) is 9.61. The van der Waals surface area contributed by atoms with Crippen LogP contribution in [-0.2, 0) is 19.4 Å². The fourth-order valence-corrected chi connectivity index (χ4v) is 3.99. The van der Waals surface area contributed by atoms with Crippen LogP contribution in [0.1, 0.15) is 30.5 Å². The van der Waals surface area contributed by atoms with E-state index < -0.39 is 0 Å². The summed E-state index contributed by atoms with van der Waals surface area (Å²) in [4.78, 5) is 21.0. The molecule has 4 rings (SSSR count). The molecule has 3 aromatic rings. The summed E-state index contributed by atoms with van der Waals surface area (Å²) in [6, 6.07) is 15.1. The van der Waals surface area contributed by atoms with Crippen LogP contribution in [0.25, 0.3) is 11.3 Å². The Bertz CT molecular complexity index is 1490. The number of fused-ring (bicyclic) bond motifs is 3. The highest BCUT2D eigenvalue weighted by atomic mass is 16.5. The van der Waals surface area contributed by atoms with Crippen LogP contribution in [0.5, 0.6) is 17.4 Å². The second kappa shape index (κ2) is 11.4. The standard InChI is InChI=1S/C29H28N4O4/c1-5-27(31-18-19(2)3)37-26-9-6-20(14-22(26)17-30)11-13-36-28-16-25-24-8-7-23(35-4)15-21(24)10-12-33(25)29(34)32-28/h5-9,14-16,18H,1,10-13H2,2-4H3. The number of rotatable bonds is 8. The number of aryl methyl sites for hydroxylation is 1. The van der Waals surface area contributed by atoms with Crippen molar-refractivity contribution < 1.29 is 14.2 Å². The van der Waals surface area contributed by atoms with Crippen LogP contribution in [0.2, 0.25) is 0 Å². The Morgan fingerprint density at radius 3 is 2.81 bits per heavy atom. The molecule has 1 aromatic heterocycles. The monoisotopic (exact) mass is 496 g/mol. The summed E-state index contributed by atoms with van der Waals surface area (Å²) in [6.45, 7) is 8.40. The summed E-state index contributed by atoms with van der Waals surface area (Å²) >= 11 is 0. The van der Waals surface area contributed by atoms with Gasteiger partial charge in [-0.15, -0.1) is 0 Å². The number of aromatic nitrogens is 2. The molecule has 0 radical (unpaired) electrons. The normalized spacial score (nSPS) is 12.0. The van der Waals surface area contributed by atoms with E-state index >= 15 is 0 Å². The first kappa shape index (κ1) is 25.5. The van der Waals surface area contributed by atoms with E-state index in [0.717, 1.165) is 40.1 Å². The predicted octanol–water partition coefficient (Wildman–Crippen LogP) is 4.86. The lowest BCUT2D eigenvalue weighted by molar-refractivity contribution is 0.306. The third-order valence-electron chi connectivity index (χ3n) is 5.83. The van der Waals surface area contributed by atoms with E-state index in [1.807, 2.05) is 38.1 Å². The smallest absolute Gasteiger partial charge is 0.351 e. The van der Waals surface area contributed by atoms with Gasteiger partial charge in [0, 0.05) is 30.8 Å². The van der Waals surface area contributed by atoms with Gasteiger partial charge in [-0.1, -0.05) is 18.2 Å². The van der Waals surface area contributed by atoms with Gasteiger partial charge in [-0.2, -0.15) is 10.2 Å². The molecule has 8 heteroatoms. The van der Waals surface area contributed by atoms with Crippen molar-refractivity contribution in [3.8, 4) is 34.7 Å². The molecule has 37 heavy (non-hydrogen) atoms. The van der Waals surface area contributed by atoms with Crippen molar-refractivity contribution in [3.63, 3.8) is 0 Å². The van der Waals surface area contributed by atoms with E-state index in [-0.39, 0.29) is 18.2 Å². The van der Waals surface area contributed by atoms with Crippen LogP contribution in [0.15, 0.2) is 76.7 Å². The van der Waals surface area contributed by atoms with E-state index in [1.165, 1.54) is 6.08 Å². The zero-order chi connectivity index (χ0) is 26.4. The summed E-state index contributed by atoms with van der Waals surface area (Å²) in [7, 11) is 1.64. The second-order valence-corrected chi connectivity index (χ2v) is 8.71. The number of nitriles is 1. The maximum atomic E-state index is 12.6. The Hall–Kier alpha value is -4.64. The van der Waals surface area contributed by atoms with E-state index in [1.54, 1.807) is 36.1 Å². The Morgan fingerprint density at radius 1 is 1.24 bits per heavy atom. The highest BCUT2D eigenvalue weighted by molar-refractivity contribution is 5.89. The first-order chi connectivity index (χ1) is 17.9. The minimum absolute atomic E-state index is 0.270. The average molecular weight is 497 g/mol. The molecule has 8 nitrogen and oxygen atoms in total. The molecule has 0 spiro atoms. The predicted molar refractivity (Wildman–Crippen MR) is 142 cm³/mol. The first-order valence-electron chi connectivity index (χ1n) is 11.9. The van der Waals surface area contributed by atoms with Gasteiger partial charge in [0.15, 0.2) is 0 Å². The Balaban J connectivity index is 1.47. The zero-order valence-electron chi connectivity index (χ0n) is 21.2. The number of hydrogen-bond acceptors (Lipinski definition) is 7. The third kappa shape index (κ3) is 5.96. The lowest BCUT2D eigenvalue weighted by Crippen LogP contribution is -2.28. The number of hydrogen-bond donors (Lipinski definition) is 0. The van der Waals surface area contributed by atoms with Crippen LogP contribution >= 0.6 is 0 Å². The van der Waals surface area contributed by atoms with Crippen molar-refractivity contribution in [1.82, 2.24) is 9.55 Å². The van der Waals surface area contributed by atoms with Crippen LogP contribution in [-0.4, -0.2) is 29.2 Å². The summed E-state index contributed by atoms with van der Waals surface area (Å²) < 4.78 is 18.6. The van der Waals surface area contributed by atoms with Crippen molar-refractivity contribution in [2.24, 2.45) is 4.99 Å². The third-order valence-corrected chi connectivity index (χ3v) is 5.83. The summed E-state index contributed by atoms with van der Waals surface area (Å²) in [5.74, 6) is 1.76. The number of ether oxygens (including phenoxy) is 3. The average Bonchev–Trinajstić information content (AvgIpc) is 2.90. The second-order valence-electron chi connectivity index (χ2n) is 8.71. The highest BCUT2D eigenvalue weighted by Crippen LogP contribution is 2.32. The van der Waals surface area contributed by atoms with Gasteiger partial charge in [0.05, 0.1) is 25.0 Å². The Kier molecular flexibility index (Phi) is 7.84. The molecule has 0 bridgehead atoms. The molecule has 0 aliphatic carbocycles. The van der Waals surface area contributed by atoms with Gasteiger partial charge >= 0.3 is 5.69 Å². The minimum atomic E-state index is -0.338. The van der Waals surface area contributed by atoms with E-state index in [4.69, 9.17) is 14.2 Å². The molecule has 1 aliphatic heterocycles. The molecule has 188 valence electrons. The lowest BCUT2D eigenvalue weighted by atomic mass is 9.97. The van der Waals surface area contributed by atoms with Crippen molar-refractivity contribution in [1.29, 1.82) is 5.26 Å². The van der Waals surface area contributed by atoms with Crippen molar-refractivity contribution >= 4 is 5.90 Å². The number of allylic oxidation sites excluding steroid dienone is 1. The van der Waals surface area contributed by atoms with Crippen LogP contribution in [0, 0.1) is 11.3 Å². The van der Waals surface area contributed by atoms with Crippen LogP contribution < -0.4 is 19.9 Å². The molecule has 0 saturated carbocycles. The van der Waals surface area contributed by atoms with Gasteiger partial charge in [-0.25, -0.2) is 9.79 Å².